The molecule has 23 heavy (non-hydrogen) atoms. The third kappa shape index (κ3) is 3.41. The number of hydrogen-bond acceptors (Lipinski definition) is 4. The van der Waals surface area contributed by atoms with Gasteiger partial charge in [0.1, 0.15) is 22.9 Å². The van der Waals surface area contributed by atoms with Crippen LogP contribution in [-0.4, -0.2) is 16.6 Å². The van der Waals surface area contributed by atoms with E-state index >= 15 is 0 Å². The summed E-state index contributed by atoms with van der Waals surface area (Å²) in [4.78, 5) is 4.31. The molecule has 2 aromatic heterocycles. The van der Waals surface area contributed by atoms with Crippen molar-refractivity contribution in [1.29, 1.82) is 0 Å². The fourth-order valence-electron chi connectivity index (χ4n) is 2.61. The number of aryl methyl sites for hydroxylation is 1. The normalized spacial score (nSPS) is 14.1. The molecule has 5 heteroatoms. The van der Waals surface area contributed by atoms with Crippen molar-refractivity contribution in [2.24, 2.45) is 0 Å². The van der Waals surface area contributed by atoms with Gasteiger partial charge in [-0.3, -0.25) is 4.98 Å². The number of rotatable bonds is 5. The molecule has 2 N–H and O–H groups in total. The number of nitrogens with one attached hydrogen (secondary N) is 1. The van der Waals surface area contributed by atoms with Gasteiger partial charge in [-0.05, 0) is 49.7 Å². The van der Waals surface area contributed by atoms with Gasteiger partial charge in [-0.25, -0.2) is 4.39 Å². The average Bonchev–Trinajstić information content (AvgIpc) is 2.94. The topological polar surface area (TPSA) is 58.3 Å². The van der Waals surface area contributed by atoms with Crippen LogP contribution in [0.5, 0.6) is 0 Å². The Balaban J connectivity index is 1.74. The van der Waals surface area contributed by atoms with E-state index in [4.69, 9.17) is 4.42 Å². The highest BCUT2D eigenvalue weighted by atomic mass is 19.1. The Kier molecular flexibility index (Phi) is 4.15. The standard InChI is InChI=1S/C18H19FN2O2/c1-12-5-6-16(23-12)18(2,22)11-20-10-14-9-15(19)8-13-4-3-7-21-17(13)14/h3-9,20,22H,10-11H2,1-2H3. The molecule has 2 heterocycles. The lowest BCUT2D eigenvalue weighted by Crippen LogP contribution is -2.34. The SMILES string of the molecule is Cc1ccc(C(C)(O)CNCc2cc(F)cc3cccnc23)o1. The summed E-state index contributed by atoms with van der Waals surface area (Å²) in [6.07, 6.45) is 1.69. The van der Waals surface area contributed by atoms with E-state index < -0.39 is 5.60 Å². The second-order valence-electron chi connectivity index (χ2n) is 5.93. The number of halogens is 1. The van der Waals surface area contributed by atoms with E-state index in [2.05, 4.69) is 10.3 Å². The molecule has 1 unspecified atom stereocenters. The number of benzene rings is 1. The quantitative estimate of drug-likeness (QED) is 0.759. The summed E-state index contributed by atoms with van der Waals surface area (Å²) in [5, 5.41) is 14.4. The van der Waals surface area contributed by atoms with E-state index in [1.807, 2.05) is 19.1 Å². The van der Waals surface area contributed by atoms with E-state index in [9.17, 15) is 9.50 Å². The van der Waals surface area contributed by atoms with Gasteiger partial charge in [-0.1, -0.05) is 6.07 Å². The molecule has 0 bridgehead atoms. The van der Waals surface area contributed by atoms with Crippen LogP contribution in [0.3, 0.4) is 0 Å². The number of pyridine rings is 1. The van der Waals surface area contributed by atoms with Gasteiger partial charge in [0.15, 0.2) is 0 Å². The van der Waals surface area contributed by atoms with Crippen LogP contribution in [-0.2, 0) is 12.1 Å². The summed E-state index contributed by atoms with van der Waals surface area (Å²) < 4.78 is 19.2. The highest BCUT2D eigenvalue weighted by Crippen LogP contribution is 2.23. The van der Waals surface area contributed by atoms with Crippen molar-refractivity contribution in [3.05, 3.63) is 65.5 Å². The van der Waals surface area contributed by atoms with Crippen molar-refractivity contribution in [3.63, 3.8) is 0 Å². The van der Waals surface area contributed by atoms with Crippen LogP contribution < -0.4 is 5.32 Å². The zero-order chi connectivity index (χ0) is 16.4. The number of fused-ring (bicyclic) bond motifs is 1. The van der Waals surface area contributed by atoms with Crippen molar-refractivity contribution in [3.8, 4) is 0 Å². The first-order valence-corrected chi connectivity index (χ1v) is 7.49. The molecule has 0 aliphatic rings. The molecule has 0 aliphatic carbocycles. The second-order valence-corrected chi connectivity index (χ2v) is 5.93. The Hall–Kier alpha value is -2.24. The summed E-state index contributed by atoms with van der Waals surface area (Å²) in [5.74, 6) is 0.959. The molecule has 0 fully saturated rings. The first-order chi connectivity index (χ1) is 11.0. The molecule has 0 amide bonds. The summed E-state index contributed by atoms with van der Waals surface area (Å²) in [6.45, 7) is 4.20. The van der Waals surface area contributed by atoms with Gasteiger partial charge in [0.25, 0.3) is 0 Å². The zero-order valence-corrected chi connectivity index (χ0v) is 13.1. The predicted molar refractivity (Wildman–Crippen MR) is 86.4 cm³/mol. The average molecular weight is 314 g/mol. The second kappa shape index (κ2) is 6.10. The highest BCUT2D eigenvalue weighted by molar-refractivity contribution is 5.81. The molecule has 1 aromatic carbocycles. The van der Waals surface area contributed by atoms with E-state index in [-0.39, 0.29) is 12.4 Å². The lowest BCUT2D eigenvalue weighted by molar-refractivity contribution is 0.0333. The fraction of sp³-hybridized carbons (Fsp3) is 0.278. The number of hydrogen-bond donors (Lipinski definition) is 2. The monoisotopic (exact) mass is 314 g/mol. The molecule has 4 nitrogen and oxygen atoms in total. The van der Waals surface area contributed by atoms with Gasteiger partial charge in [-0.2, -0.15) is 0 Å². The molecule has 0 radical (unpaired) electrons. The van der Waals surface area contributed by atoms with Crippen LogP contribution in [0.2, 0.25) is 0 Å². The molecular formula is C18H19FN2O2. The maximum absolute atomic E-state index is 13.7. The Bertz CT molecular complexity index is 827. The van der Waals surface area contributed by atoms with E-state index in [0.29, 0.717) is 12.3 Å². The van der Waals surface area contributed by atoms with Gasteiger partial charge in [0, 0.05) is 24.7 Å². The van der Waals surface area contributed by atoms with Crippen LogP contribution in [0.25, 0.3) is 10.9 Å². The van der Waals surface area contributed by atoms with Crippen molar-refractivity contribution in [2.75, 3.05) is 6.54 Å². The lowest BCUT2D eigenvalue weighted by Gasteiger charge is -2.21. The van der Waals surface area contributed by atoms with Crippen molar-refractivity contribution in [1.82, 2.24) is 10.3 Å². The summed E-state index contributed by atoms with van der Waals surface area (Å²) >= 11 is 0. The maximum Gasteiger partial charge on any atom is 0.136 e. The van der Waals surface area contributed by atoms with E-state index in [1.54, 1.807) is 25.3 Å². The highest BCUT2D eigenvalue weighted by Gasteiger charge is 2.26. The Morgan fingerprint density at radius 1 is 1.30 bits per heavy atom. The molecule has 3 aromatic rings. The molecule has 120 valence electrons. The lowest BCUT2D eigenvalue weighted by atomic mass is 10.0. The minimum Gasteiger partial charge on any atom is -0.463 e. The molecule has 0 saturated heterocycles. The third-order valence-corrected chi connectivity index (χ3v) is 3.80. The molecular weight excluding hydrogens is 295 g/mol. The molecule has 0 aliphatic heterocycles. The van der Waals surface area contributed by atoms with E-state index in [1.165, 1.54) is 12.1 Å². The molecule has 1 atom stereocenters. The van der Waals surface area contributed by atoms with Crippen LogP contribution in [0, 0.1) is 12.7 Å². The summed E-state index contributed by atoms with van der Waals surface area (Å²) in [5.41, 5.74) is 0.382. The van der Waals surface area contributed by atoms with E-state index in [0.717, 1.165) is 22.2 Å². The van der Waals surface area contributed by atoms with Crippen molar-refractivity contribution in [2.45, 2.75) is 26.0 Å². The number of aromatic nitrogens is 1. The first-order valence-electron chi connectivity index (χ1n) is 7.49. The predicted octanol–water partition coefficient (Wildman–Crippen LogP) is 3.27. The van der Waals surface area contributed by atoms with Crippen LogP contribution in [0.4, 0.5) is 4.39 Å². The van der Waals surface area contributed by atoms with Gasteiger partial charge >= 0.3 is 0 Å². The molecule has 0 spiro atoms. The van der Waals surface area contributed by atoms with Gasteiger partial charge in [0.05, 0.1) is 5.52 Å². The largest absolute Gasteiger partial charge is 0.463 e. The molecule has 3 rings (SSSR count). The van der Waals surface area contributed by atoms with Crippen LogP contribution in [0.15, 0.2) is 47.0 Å². The third-order valence-electron chi connectivity index (χ3n) is 3.80. The number of nitrogens with zero attached hydrogens (tertiary/aromatic N) is 1. The first kappa shape index (κ1) is 15.6. The fourth-order valence-corrected chi connectivity index (χ4v) is 2.61. The smallest absolute Gasteiger partial charge is 0.136 e. The Morgan fingerprint density at radius 2 is 2.13 bits per heavy atom. The zero-order valence-electron chi connectivity index (χ0n) is 13.1. The van der Waals surface area contributed by atoms with Crippen LogP contribution in [0.1, 0.15) is 24.0 Å². The van der Waals surface area contributed by atoms with Gasteiger partial charge in [-0.15, -0.1) is 0 Å². The minimum atomic E-state index is -1.13. The van der Waals surface area contributed by atoms with Crippen molar-refractivity contribution < 1.29 is 13.9 Å². The van der Waals surface area contributed by atoms with Gasteiger partial charge < -0.3 is 14.8 Å². The Morgan fingerprint density at radius 3 is 2.87 bits per heavy atom. The Labute approximate surface area is 134 Å². The number of aliphatic hydroxyl groups is 1. The minimum absolute atomic E-state index is 0.283. The number of furan rings is 1. The van der Waals surface area contributed by atoms with Crippen molar-refractivity contribution >= 4 is 10.9 Å². The summed E-state index contributed by atoms with van der Waals surface area (Å²) in [7, 11) is 0. The van der Waals surface area contributed by atoms with Gasteiger partial charge in [0.2, 0.25) is 0 Å². The van der Waals surface area contributed by atoms with Crippen LogP contribution >= 0.6 is 0 Å². The summed E-state index contributed by atoms with van der Waals surface area (Å²) in [6, 6.07) is 10.1. The molecule has 0 saturated carbocycles. The maximum atomic E-state index is 13.7.